The second kappa shape index (κ2) is 12.3. The van der Waals surface area contributed by atoms with Crippen LogP contribution in [0.4, 0.5) is 0 Å². The molecule has 5 amide bonds. The zero-order valence-corrected chi connectivity index (χ0v) is 20.4. The highest BCUT2D eigenvalue weighted by atomic mass is 16.3. The van der Waals surface area contributed by atoms with Gasteiger partial charge in [-0.05, 0) is 18.4 Å². The molecule has 2 heterocycles. The molecule has 0 radical (unpaired) electrons. The van der Waals surface area contributed by atoms with E-state index in [-0.39, 0.29) is 19.4 Å². The second-order valence-electron chi connectivity index (χ2n) is 8.78. The van der Waals surface area contributed by atoms with E-state index in [1.807, 2.05) is 0 Å². The van der Waals surface area contributed by atoms with Crippen LogP contribution in [0.1, 0.15) is 44.7 Å². The third-order valence-corrected chi connectivity index (χ3v) is 6.31. The van der Waals surface area contributed by atoms with Crippen LogP contribution in [-0.4, -0.2) is 76.9 Å². The summed E-state index contributed by atoms with van der Waals surface area (Å²) in [5.74, 6) is -2.77. The van der Waals surface area contributed by atoms with Crippen molar-refractivity contribution in [3.05, 3.63) is 48.0 Å². The van der Waals surface area contributed by atoms with Crippen LogP contribution in [0.2, 0.25) is 0 Å². The predicted octanol–water partition coefficient (Wildman–Crippen LogP) is -0.719. The Morgan fingerprint density at radius 2 is 1.47 bits per heavy atom. The maximum absolute atomic E-state index is 13.3. The van der Waals surface area contributed by atoms with Crippen molar-refractivity contribution in [3.8, 4) is 0 Å². The molecule has 11 heteroatoms. The molecule has 0 aliphatic carbocycles. The maximum atomic E-state index is 13.3. The van der Waals surface area contributed by atoms with Crippen molar-refractivity contribution in [2.24, 2.45) is 0 Å². The number of benzene rings is 1. The number of fused-ring (bicyclic) bond motifs is 1. The van der Waals surface area contributed by atoms with Gasteiger partial charge in [0.25, 0.3) is 0 Å². The topological polar surface area (TPSA) is 157 Å². The smallest absolute Gasteiger partial charge is 0.247 e. The second-order valence-corrected chi connectivity index (χ2v) is 8.78. The van der Waals surface area contributed by atoms with Crippen molar-refractivity contribution < 1.29 is 29.1 Å². The first-order chi connectivity index (χ1) is 17.3. The summed E-state index contributed by atoms with van der Waals surface area (Å²) in [5, 5.41) is 20.4. The maximum Gasteiger partial charge on any atom is 0.247 e. The Labute approximate surface area is 209 Å². The molecule has 0 saturated carbocycles. The number of aliphatic hydroxyl groups excluding tert-OH is 1. The van der Waals surface area contributed by atoms with Crippen LogP contribution in [0.15, 0.2) is 42.5 Å². The first-order valence-corrected chi connectivity index (χ1v) is 12.1. The number of rotatable bonds is 4. The number of nitrogens with zero attached hydrogens (tertiary/aromatic N) is 1. The number of hydrogen-bond donors (Lipinski definition) is 5. The van der Waals surface area contributed by atoms with E-state index in [1.165, 1.54) is 4.90 Å². The standard InChI is InChI=1S/C25H33N5O6/c1-3-16-22(33)29-19(14-31)23(34)28-18(15-9-6-5-7-10-15)13-21(32)26-17(4-2)25(36)30-12-8-11-20(30)24(35)27-16/h5-11,16-20,31H,3-4,12-14H2,1-2H3,(H,26,32)(H,27,35)(H,28,34)(H,29,33)/t16-,17-,18+,19-,20-/m0/s1. The molecule has 5 atom stereocenters. The highest BCUT2D eigenvalue weighted by Gasteiger charge is 2.37. The van der Waals surface area contributed by atoms with Crippen LogP contribution in [0.25, 0.3) is 0 Å². The summed E-state index contributed by atoms with van der Waals surface area (Å²) in [4.78, 5) is 66.4. The molecule has 3 rings (SSSR count). The molecule has 1 aromatic carbocycles. The normalized spacial score (nSPS) is 28.1. The average Bonchev–Trinajstić information content (AvgIpc) is 3.38. The van der Waals surface area contributed by atoms with E-state index in [4.69, 9.17) is 0 Å². The van der Waals surface area contributed by atoms with E-state index in [0.717, 1.165) is 0 Å². The number of hydrogen-bond acceptors (Lipinski definition) is 6. The first kappa shape index (κ1) is 26.9. The van der Waals surface area contributed by atoms with Gasteiger partial charge in [-0.3, -0.25) is 24.0 Å². The molecular weight excluding hydrogens is 466 g/mol. The molecule has 194 valence electrons. The van der Waals surface area contributed by atoms with Crippen LogP contribution in [-0.2, 0) is 24.0 Å². The van der Waals surface area contributed by atoms with E-state index in [2.05, 4.69) is 21.3 Å². The lowest BCUT2D eigenvalue weighted by molar-refractivity contribution is -0.142. The van der Waals surface area contributed by atoms with Crippen molar-refractivity contribution in [2.75, 3.05) is 13.2 Å². The Kier molecular flexibility index (Phi) is 9.18. The molecule has 0 spiro atoms. The predicted molar refractivity (Wildman–Crippen MR) is 130 cm³/mol. The fourth-order valence-corrected chi connectivity index (χ4v) is 4.24. The van der Waals surface area contributed by atoms with Gasteiger partial charge in [0, 0.05) is 6.54 Å². The van der Waals surface area contributed by atoms with Gasteiger partial charge in [-0.1, -0.05) is 56.3 Å². The Hall–Kier alpha value is -3.73. The summed E-state index contributed by atoms with van der Waals surface area (Å²) in [6.07, 6.45) is 3.60. The molecule has 0 aromatic heterocycles. The monoisotopic (exact) mass is 499 g/mol. The van der Waals surface area contributed by atoms with Gasteiger partial charge in [-0.2, -0.15) is 0 Å². The van der Waals surface area contributed by atoms with Crippen LogP contribution in [0, 0.1) is 0 Å². The number of aliphatic hydroxyl groups is 1. The van der Waals surface area contributed by atoms with Gasteiger partial charge in [0.15, 0.2) is 0 Å². The lowest BCUT2D eigenvalue weighted by atomic mass is 10.0. The highest BCUT2D eigenvalue weighted by molar-refractivity contribution is 5.97. The van der Waals surface area contributed by atoms with Gasteiger partial charge >= 0.3 is 0 Å². The lowest BCUT2D eigenvalue weighted by Gasteiger charge is -2.30. The summed E-state index contributed by atoms with van der Waals surface area (Å²) in [5.41, 5.74) is 0.645. The highest BCUT2D eigenvalue weighted by Crippen LogP contribution is 2.18. The van der Waals surface area contributed by atoms with E-state index in [0.29, 0.717) is 12.0 Å². The number of carbonyl (C=O) groups is 5. The Balaban J connectivity index is 1.95. The van der Waals surface area contributed by atoms with Crippen molar-refractivity contribution in [1.82, 2.24) is 26.2 Å². The van der Waals surface area contributed by atoms with Crippen LogP contribution < -0.4 is 21.3 Å². The number of carbonyl (C=O) groups excluding carboxylic acids is 5. The summed E-state index contributed by atoms with van der Waals surface area (Å²) >= 11 is 0. The minimum absolute atomic E-state index is 0.175. The van der Waals surface area contributed by atoms with Gasteiger partial charge in [0.2, 0.25) is 29.5 Å². The molecule has 1 fully saturated rings. The van der Waals surface area contributed by atoms with Gasteiger partial charge in [-0.15, -0.1) is 0 Å². The van der Waals surface area contributed by atoms with Crippen molar-refractivity contribution in [2.45, 2.75) is 63.3 Å². The minimum atomic E-state index is -1.29. The molecule has 1 aromatic rings. The molecule has 36 heavy (non-hydrogen) atoms. The largest absolute Gasteiger partial charge is 0.394 e. The molecule has 2 aliphatic heterocycles. The van der Waals surface area contributed by atoms with Gasteiger partial charge in [0.05, 0.1) is 19.1 Å². The number of nitrogens with one attached hydrogen (secondary N) is 4. The minimum Gasteiger partial charge on any atom is -0.394 e. The zero-order valence-electron chi connectivity index (χ0n) is 20.4. The Morgan fingerprint density at radius 3 is 2.11 bits per heavy atom. The van der Waals surface area contributed by atoms with Gasteiger partial charge < -0.3 is 31.3 Å². The fraction of sp³-hybridized carbons (Fsp3) is 0.480. The quantitative estimate of drug-likeness (QED) is 0.344. The third kappa shape index (κ3) is 6.28. The SMILES string of the molecule is CC[C@@H]1NC(=O)[C@@H]2C=CCN2C(=O)[C@H](CC)NC(=O)C[C@H](c2ccccc2)NC(=O)[C@H](CO)NC1=O. The first-order valence-electron chi connectivity index (χ1n) is 12.1. The van der Waals surface area contributed by atoms with Crippen molar-refractivity contribution >= 4 is 29.5 Å². The third-order valence-electron chi connectivity index (χ3n) is 6.31. The van der Waals surface area contributed by atoms with Crippen molar-refractivity contribution in [3.63, 3.8) is 0 Å². The van der Waals surface area contributed by atoms with Crippen LogP contribution in [0.5, 0.6) is 0 Å². The van der Waals surface area contributed by atoms with E-state index < -0.39 is 66.4 Å². The molecule has 0 bridgehead atoms. The molecule has 5 N–H and O–H groups in total. The summed E-state index contributed by atoms with van der Waals surface area (Å²) in [6.45, 7) is 2.96. The summed E-state index contributed by atoms with van der Waals surface area (Å²) in [7, 11) is 0. The molecule has 11 nitrogen and oxygen atoms in total. The van der Waals surface area contributed by atoms with E-state index >= 15 is 0 Å². The van der Waals surface area contributed by atoms with Crippen molar-refractivity contribution in [1.29, 1.82) is 0 Å². The molecule has 1 saturated heterocycles. The van der Waals surface area contributed by atoms with Gasteiger partial charge in [-0.25, -0.2) is 0 Å². The molecular formula is C25H33N5O6. The fourth-order valence-electron chi connectivity index (χ4n) is 4.24. The molecule has 0 unspecified atom stereocenters. The Bertz CT molecular complexity index is 1010. The van der Waals surface area contributed by atoms with Crippen LogP contribution >= 0.6 is 0 Å². The summed E-state index contributed by atoms with van der Waals surface area (Å²) < 4.78 is 0. The summed E-state index contributed by atoms with van der Waals surface area (Å²) in [6, 6.07) is 3.95. The van der Waals surface area contributed by atoms with Crippen LogP contribution in [0.3, 0.4) is 0 Å². The zero-order chi connectivity index (χ0) is 26.2. The lowest BCUT2D eigenvalue weighted by Crippen LogP contribution is -2.59. The number of amides is 5. The van der Waals surface area contributed by atoms with E-state index in [9.17, 15) is 29.1 Å². The van der Waals surface area contributed by atoms with Gasteiger partial charge in [0.1, 0.15) is 24.2 Å². The average molecular weight is 500 g/mol. The molecule has 2 aliphatic rings. The van der Waals surface area contributed by atoms with E-state index in [1.54, 1.807) is 56.3 Å². The Morgan fingerprint density at radius 1 is 0.833 bits per heavy atom.